The van der Waals surface area contributed by atoms with Gasteiger partial charge in [0.25, 0.3) is 0 Å². The van der Waals surface area contributed by atoms with Crippen LogP contribution in [-0.4, -0.2) is 59.0 Å². The summed E-state index contributed by atoms with van der Waals surface area (Å²) >= 11 is 0. The molecule has 3 rings (SSSR count). The van der Waals surface area contributed by atoms with Crippen LogP contribution in [0.2, 0.25) is 0 Å². The van der Waals surface area contributed by atoms with E-state index in [-0.39, 0.29) is 18.9 Å². The van der Waals surface area contributed by atoms with Crippen molar-refractivity contribution in [2.75, 3.05) is 50.0 Å². The molecule has 1 heterocycles. The Kier molecular flexibility index (Phi) is 7.84. The molecule has 0 radical (unpaired) electrons. The van der Waals surface area contributed by atoms with Gasteiger partial charge in [0, 0.05) is 55.9 Å². The molecule has 0 atom stereocenters. The monoisotopic (exact) mass is 442 g/mol. The fourth-order valence-corrected chi connectivity index (χ4v) is 4.27. The minimum atomic E-state index is -3.60. The van der Waals surface area contributed by atoms with E-state index >= 15 is 0 Å². The fourth-order valence-electron chi connectivity index (χ4n) is 3.45. The number of nitrogens with one attached hydrogen (secondary N) is 2. The average Bonchev–Trinajstić information content (AvgIpc) is 2.74. The molecule has 2 aromatic carbocycles. The van der Waals surface area contributed by atoms with E-state index in [1.807, 2.05) is 55.5 Å². The van der Waals surface area contributed by atoms with Gasteiger partial charge in [0.05, 0.1) is 0 Å². The van der Waals surface area contributed by atoms with Crippen molar-refractivity contribution in [3.05, 3.63) is 65.1 Å². The maximum Gasteiger partial charge on any atom is 0.233 e. The van der Waals surface area contributed by atoms with Crippen molar-refractivity contribution in [1.29, 1.82) is 0 Å². The summed E-state index contributed by atoms with van der Waals surface area (Å²) in [5.41, 5.74) is 3.80. The molecule has 0 bridgehead atoms. The molecule has 0 saturated carbocycles. The van der Waals surface area contributed by atoms with Gasteiger partial charge >= 0.3 is 0 Å². The third kappa shape index (κ3) is 7.20. The molecular weight excluding hydrogens is 412 g/mol. The Morgan fingerprint density at radius 2 is 1.77 bits per heavy atom. The lowest BCUT2D eigenvalue weighted by Crippen LogP contribution is -2.44. The largest absolute Gasteiger partial charge is 0.369 e. The summed E-state index contributed by atoms with van der Waals surface area (Å²) in [4.78, 5) is 16.9. The highest BCUT2D eigenvalue weighted by atomic mass is 32.2. The molecule has 1 saturated heterocycles. The van der Waals surface area contributed by atoms with E-state index in [2.05, 4.69) is 26.9 Å². The van der Waals surface area contributed by atoms with Crippen molar-refractivity contribution in [2.45, 2.75) is 13.3 Å². The minimum Gasteiger partial charge on any atom is -0.369 e. The Morgan fingerprint density at radius 1 is 1.06 bits per heavy atom. The molecule has 2 N–H and O–H groups in total. The highest BCUT2D eigenvalue weighted by molar-refractivity contribution is 7.92. The molecule has 1 aliphatic heterocycles. The number of sulfonamides is 1. The molecule has 166 valence electrons. The van der Waals surface area contributed by atoms with Crippen LogP contribution in [0.25, 0.3) is 6.08 Å². The Hall–Kier alpha value is -2.68. The third-order valence-electron chi connectivity index (χ3n) is 5.22. The SMILES string of the molecule is Cc1cc(NC(=O)CCNS(=O)(=O)/C=C/c2ccccc2)ccc1N1CCN(C)CC1. The highest BCUT2D eigenvalue weighted by Crippen LogP contribution is 2.24. The van der Waals surface area contributed by atoms with Crippen molar-refractivity contribution in [3.8, 4) is 0 Å². The van der Waals surface area contributed by atoms with E-state index in [1.165, 1.54) is 11.8 Å². The van der Waals surface area contributed by atoms with E-state index in [0.717, 1.165) is 42.7 Å². The van der Waals surface area contributed by atoms with Gasteiger partial charge in [0.2, 0.25) is 15.9 Å². The van der Waals surface area contributed by atoms with Crippen LogP contribution >= 0.6 is 0 Å². The molecule has 1 amide bonds. The second-order valence-electron chi connectivity index (χ2n) is 7.74. The number of rotatable bonds is 8. The zero-order chi connectivity index (χ0) is 22.3. The van der Waals surface area contributed by atoms with Crippen molar-refractivity contribution in [3.63, 3.8) is 0 Å². The molecule has 0 spiro atoms. The van der Waals surface area contributed by atoms with Gasteiger partial charge in [-0.15, -0.1) is 0 Å². The van der Waals surface area contributed by atoms with Crippen LogP contribution in [-0.2, 0) is 14.8 Å². The molecule has 0 unspecified atom stereocenters. The minimum absolute atomic E-state index is 0.0334. The second kappa shape index (κ2) is 10.6. The Bertz CT molecular complexity index is 1010. The smallest absolute Gasteiger partial charge is 0.233 e. The summed E-state index contributed by atoms with van der Waals surface area (Å²) in [5.74, 6) is -0.235. The van der Waals surface area contributed by atoms with Crippen molar-refractivity contribution in [2.24, 2.45) is 0 Å². The fraction of sp³-hybridized carbons (Fsp3) is 0.348. The first-order valence-electron chi connectivity index (χ1n) is 10.4. The number of hydrogen-bond acceptors (Lipinski definition) is 5. The van der Waals surface area contributed by atoms with E-state index in [1.54, 1.807) is 0 Å². The van der Waals surface area contributed by atoms with Crippen LogP contribution in [0.1, 0.15) is 17.5 Å². The number of likely N-dealkylation sites (N-methyl/N-ethyl adjacent to an activating group) is 1. The quantitative estimate of drug-likeness (QED) is 0.657. The summed E-state index contributed by atoms with van der Waals surface area (Å²) in [6.07, 6.45) is 1.57. The standard InChI is InChI=1S/C23H30N4O3S/c1-19-18-21(8-9-22(19)27-15-13-26(2)14-16-27)25-23(28)10-12-24-31(29,30)17-11-20-6-4-3-5-7-20/h3-9,11,17-18,24H,10,12-16H2,1-2H3,(H,25,28)/b17-11+. The maximum absolute atomic E-state index is 12.2. The first-order valence-corrected chi connectivity index (χ1v) is 11.9. The number of carbonyl (C=O) groups excluding carboxylic acids is 1. The maximum atomic E-state index is 12.2. The first-order chi connectivity index (χ1) is 14.8. The summed E-state index contributed by atoms with van der Waals surface area (Å²) in [6, 6.07) is 15.1. The number of nitrogens with zero attached hydrogens (tertiary/aromatic N) is 2. The molecule has 1 fully saturated rings. The molecule has 8 heteroatoms. The lowest BCUT2D eigenvalue weighted by atomic mass is 10.1. The molecule has 7 nitrogen and oxygen atoms in total. The molecule has 2 aromatic rings. The van der Waals surface area contributed by atoms with Gasteiger partial charge in [0.1, 0.15) is 0 Å². The average molecular weight is 443 g/mol. The number of piperazine rings is 1. The summed E-state index contributed by atoms with van der Waals surface area (Å²) < 4.78 is 26.5. The Labute approximate surface area is 184 Å². The van der Waals surface area contributed by atoms with Crippen LogP contribution in [0.3, 0.4) is 0 Å². The summed E-state index contributed by atoms with van der Waals surface area (Å²) in [5, 5.41) is 3.96. The van der Waals surface area contributed by atoms with Gasteiger partial charge in [0.15, 0.2) is 0 Å². The Morgan fingerprint density at radius 3 is 2.45 bits per heavy atom. The van der Waals surface area contributed by atoms with Gasteiger partial charge in [-0.2, -0.15) is 0 Å². The number of amides is 1. The van der Waals surface area contributed by atoms with Gasteiger partial charge in [-0.3, -0.25) is 4.79 Å². The molecule has 31 heavy (non-hydrogen) atoms. The number of aryl methyl sites for hydroxylation is 1. The topological polar surface area (TPSA) is 81.8 Å². The Balaban J connectivity index is 1.47. The van der Waals surface area contributed by atoms with E-state index in [4.69, 9.17) is 0 Å². The van der Waals surface area contributed by atoms with Crippen molar-refractivity contribution in [1.82, 2.24) is 9.62 Å². The number of benzene rings is 2. The van der Waals surface area contributed by atoms with Crippen LogP contribution in [0, 0.1) is 6.92 Å². The van der Waals surface area contributed by atoms with Crippen LogP contribution in [0.15, 0.2) is 53.9 Å². The van der Waals surface area contributed by atoms with Crippen LogP contribution in [0.4, 0.5) is 11.4 Å². The zero-order valence-corrected chi connectivity index (χ0v) is 18.9. The van der Waals surface area contributed by atoms with Crippen molar-refractivity contribution >= 4 is 33.4 Å². The highest BCUT2D eigenvalue weighted by Gasteiger charge is 2.16. The lowest BCUT2D eigenvalue weighted by molar-refractivity contribution is -0.116. The second-order valence-corrected chi connectivity index (χ2v) is 9.39. The summed E-state index contributed by atoms with van der Waals surface area (Å²) in [7, 11) is -1.47. The summed E-state index contributed by atoms with van der Waals surface area (Å²) in [6.45, 7) is 6.12. The number of hydrogen-bond donors (Lipinski definition) is 2. The van der Waals surface area contributed by atoms with Gasteiger partial charge in [-0.05, 0) is 49.4 Å². The number of anilines is 2. The van der Waals surface area contributed by atoms with E-state index < -0.39 is 10.0 Å². The normalized spacial score (nSPS) is 15.4. The molecule has 0 aromatic heterocycles. The number of carbonyl (C=O) groups is 1. The van der Waals surface area contributed by atoms with E-state index in [9.17, 15) is 13.2 Å². The van der Waals surface area contributed by atoms with Crippen molar-refractivity contribution < 1.29 is 13.2 Å². The van der Waals surface area contributed by atoms with Gasteiger partial charge in [-0.1, -0.05) is 30.3 Å². The zero-order valence-electron chi connectivity index (χ0n) is 18.0. The molecular formula is C23H30N4O3S. The lowest BCUT2D eigenvalue weighted by Gasteiger charge is -2.35. The molecule has 1 aliphatic rings. The van der Waals surface area contributed by atoms with Gasteiger partial charge in [-0.25, -0.2) is 13.1 Å². The predicted octanol–water partition coefficient (Wildman–Crippen LogP) is 2.67. The molecule has 0 aliphatic carbocycles. The predicted molar refractivity (Wildman–Crippen MR) is 127 cm³/mol. The van der Waals surface area contributed by atoms with Gasteiger partial charge < -0.3 is 15.1 Å². The third-order valence-corrected chi connectivity index (χ3v) is 6.32. The first kappa shape index (κ1) is 23.0. The van der Waals surface area contributed by atoms with E-state index in [0.29, 0.717) is 5.69 Å². The van der Waals surface area contributed by atoms with Crippen LogP contribution < -0.4 is 14.9 Å². The van der Waals surface area contributed by atoms with Crippen LogP contribution in [0.5, 0.6) is 0 Å².